The van der Waals surface area contributed by atoms with Crippen LogP contribution in [0.2, 0.25) is 10.0 Å². The molecule has 0 saturated heterocycles. The molecular formula is C71H84Cl2F3N3O18. The van der Waals surface area contributed by atoms with Crippen LogP contribution in [-0.2, 0) is 93.7 Å². The lowest BCUT2D eigenvalue weighted by Gasteiger charge is -2.19. The molecule has 0 atom stereocenters. The van der Waals surface area contributed by atoms with Crippen molar-refractivity contribution in [1.82, 2.24) is 15.3 Å². The quantitative estimate of drug-likeness (QED) is 0.0204. The monoisotopic (exact) mass is 1390 g/mol. The molecule has 2 heterocycles. The molecule has 26 heteroatoms. The minimum absolute atomic E-state index is 0.0195. The van der Waals surface area contributed by atoms with Gasteiger partial charge in [0.2, 0.25) is 0 Å². The third-order valence-corrected chi connectivity index (χ3v) is 14.0. The second kappa shape index (κ2) is 44.2. The van der Waals surface area contributed by atoms with E-state index >= 15 is 0 Å². The number of carboxylic acids is 1. The first-order chi connectivity index (χ1) is 46.5. The van der Waals surface area contributed by atoms with Crippen LogP contribution in [0.5, 0.6) is 23.0 Å². The molecule has 0 unspecified atom stereocenters. The van der Waals surface area contributed by atoms with Gasteiger partial charge < -0.3 is 62.5 Å². The normalized spacial score (nSPS) is 11.4. The van der Waals surface area contributed by atoms with Crippen molar-refractivity contribution in [2.24, 2.45) is 0 Å². The van der Waals surface area contributed by atoms with E-state index in [0.29, 0.717) is 157 Å². The molecule has 0 aliphatic rings. The fraction of sp³-hybridized carbons (Fsp3) is 0.437. The van der Waals surface area contributed by atoms with Crippen molar-refractivity contribution in [2.75, 3.05) is 112 Å². The number of rotatable bonds is 45. The van der Waals surface area contributed by atoms with Gasteiger partial charge in [0.25, 0.3) is 5.91 Å². The number of aromatic nitrogens is 2. The van der Waals surface area contributed by atoms with Crippen LogP contribution in [0.1, 0.15) is 101 Å². The number of carbonyl (C=O) groups excluding carboxylic acids is 5. The van der Waals surface area contributed by atoms with Crippen molar-refractivity contribution in [2.45, 2.75) is 90.8 Å². The van der Waals surface area contributed by atoms with Crippen molar-refractivity contribution < 1.29 is 99.2 Å². The molecule has 526 valence electrons. The fourth-order valence-electron chi connectivity index (χ4n) is 8.62. The minimum atomic E-state index is -4.61. The van der Waals surface area contributed by atoms with E-state index in [2.05, 4.69) is 15.3 Å². The van der Waals surface area contributed by atoms with Crippen LogP contribution in [0.3, 0.4) is 0 Å². The van der Waals surface area contributed by atoms with E-state index in [9.17, 15) is 41.9 Å². The molecule has 0 aliphatic carbocycles. The van der Waals surface area contributed by atoms with E-state index in [1.807, 2.05) is 58.0 Å². The average Bonchev–Trinajstić information content (AvgIpc) is 2.89. The number of ketones is 3. The summed E-state index contributed by atoms with van der Waals surface area (Å²) in [6.07, 6.45) is -0.0959. The van der Waals surface area contributed by atoms with Crippen LogP contribution in [-0.4, -0.2) is 168 Å². The van der Waals surface area contributed by atoms with E-state index in [-0.39, 0.29) is 80.0 Å². The zero-order valence-corrected chi connectivity index (χ0v) is 56.4. The van der Waals surface area contributed by atoms with Crippen LogP contribution in [0, 0.1) is 6.92 Å². The first kappa shape index (κ1) is 79.9. The molecule has 4 aromatic carbocycles. The zero-order chi connectivity index (χ0) is 70.3. The number of Topliss-reactive ketones (excluding diaryl/α,β-unsaturated/α-hetero) is 3. The Morgan fingerprint density at radius 3 is 1.35 bits per heavy atom. The molecule has 0 fully saturated rings. The smallest absolute Gasteiger partial charge is 0.417 e. The Hall–Kier alpha value is -7.75. The molecule has 0 spiro atoms. The number of esters is 1. The van der Waals surface area contributed by atoms with Crippen LogP contribution in [0.4, 0.5) is 13.2 Å². The third-order valence-electron chi connectivity index (χ3n) is 13.3. The van der Waals surface area contributed by atoms with Crippen LogP contribution >= 0.6 is 23.2 Å². The maximum Gasteiger partial charge on any atom is 0.417 e. The lowest BCUT2D eigenvalue weighted by atomic mass is 10.0. The highest BCUT2D eigenvalue weighted by atomic mass is 35.5. The lowest BCUT2D eigenvalue weighted by molar-refractivity contribution is -0.156. The fourth-order valence-corrected chi connectivity index (χ4v) is 8.96. The Morgan fingerprint density at radius 1 is 0.464 bits per heavy atom. The van der Waals surface area contributed by atoms with Gasteiger partial charge in [-0.05, 0) is 117 Å². The number of ether oxygens (including phenoxy) is 11. The summed E-state index contributed by atoms with van der Waals surface area (Å²) in [6.45, 7) is 13.4. The number of benzene rings is 4. The number of nitrogens with zero attached hydrogens (tertiary/aromatic N) is 2. The Balaban J connectivity index is 0.000000351. The molecular weight excluding hydrogens is 1310 g/mol. The topological polar surface area (TPSA) is 262 Å². The van der Waals surface area contributed by atoms with Crippen LogP contribution in [0.25, 0.3) is 0 Å². The predicted molar refractivity (Wildman–Crippen MR) is 354 cm³/mol. The number of hydrogen-bond donors (Lipinski definition) is 2. The van der Waals surface area contributed by atoms with Gasteiger partial charge in [-0.2, -0.15) is 13.2 Å². The number of alkyl halides is 3. The van der Waals surface area contributed by atoms with Gasteiger partial charge >= 0.3 is 18.1 Å². The SMILES string of the molecule is Cc1cc(CC(=O)Cc2ccc(Oc3ccnc(C(=O)CCCOCCOCCOCCOCCC(=O)OC(C)(C)C)c3)cc2)ccc1Cl.O=C(O)CCOCCOCCOCCOCCNC(=O)c1cc(Oc2ccc(CC(=O)Cc3ccc(Cl)c(C(F)(F)F)c3)cc2)ccn1. The molecule has 2 aromatic heterocycles. The number of aliphatic carboxylic acids is 1. The summed E-state index contributed by atoms with van der Waals surface area (Å²) < 4.78 is 99.4. The Morgan fingerprint density at radius 2 is 0.876 bits per heavy atom. The highest BCUT2D eigenvalue weighted by Gasteiger charge is 2.33. The summed E-state index contributed by atoms with van der Waals surface area (Å²) in [5.41, 5.74) is 2.67. The number of aryl methyl sites for hydroxylation is 1. The molecule has 0 radical (unpaired) electrons. The predicted octanol–water partition coefficient (Wildman–Crippen LogP) is 12.1. The summed E-state index contributed by atoms with van der Waals surface area (Å²) in [6, 6.07) is 29.4. The van der Waals surface area contributed by atoms with Crippen molar-refractivity contribution >= 4 is 58.4 Å². The molecule has 2 N–H and O–H groups in total. The van der Waals surface area contributed by atoms with E-state index < -0.39 is 34.2 Å². The number of pyridine rings is 2. The second-order valence-electron chi connectivity index (χ2n) is 22.6. The Labute approximate surface area is 572 Å². The molecule has 1 amide bonds. The van der Waals surface area contributed by atoms with Gasteiger partial charge in [0.1, 0.15) is 51.6 Å². The Kier molecular flexibility index (Phi) is 36.4. The number of carboxylic acid groups (broad SMARTS) is 1. The second-order valence-corrected chi connectivity index (χ2v) is 23.4. The lowest BCUT2D eigenvalue weighted by Crippen LogP contribution is -2.28. The number of carbonyl (C=O) groups is 6. The highest BCUT2D eigenvalue weighted by molar-refractivity contribution is 6.31. The molecule has 6 rings (SSSR count). The summed E-state index contributed by atoms with van der Waals surface area (Å²) in [4.78, 5) is 80.5. The van der Waals surface area contributed by atoms with Gasteiger partial charge in [-0.25, -0.2) is 0 Å². The van der Waals surface area contributed by atoms with Gasteiger partial charge in [0, 0.05) is 74.8 Å². The first-order valence-corrected chi connectivity index (χ1v) is 32.2. The largest absolute Gasteiger partial charge is 0.481 e. The van der Waals surface area contributed by atoms with Crippen LogP contribution in [0.15, 0.2) is 122 Å². The van der Waals surface area contributed by atoms with Crippen LogP contribution < -0.4 is 14.8 Å². The van der Waals surface area contributed by atoms with Gasteiger partial charge in [-0.3, -0.25) is 38.7 Å². The van der Waals surface area contributed by atoms with Crippen molar-refractivity contribution in [3.8, 4) is 23.0 Å². The molecule has 21 nitrogen and oxygen atoms in total. The number of halogens is 5. The van der Waals surface area contributed by atoms with Gasteiger partial charge in [0.05, 0.1) is 123 Å². The third kappa shape index (κ3) is 34.9. The maximum absolute atomic E-state index is 13.1. The van der Waals surface area contributed by atoms with Gasteiger partial charge in [-0.1, -0.05) is 65.7 Å². The molecule has 0 bridgehead atoms. The average molecular weight is 1400 g/mol. The van der Waals surface area contributed by atoms with Gasteiger partial charge in [-0.15, -0.1) is 0 Å². The Bertz CT molecular complexity index is 3390. The van der Waals surface area contributed by atoms with Crippen molar-refractivity contribution in [1.29, 1.82) is 0 Å². The summed E-state index contributed by atoms with van der Waals surface area (Å²) in [7, 11) is 0. The minimum Gasteiger partial charge on any atom is -0.481 e. The number of hydrogen-bond acceptors (Lipinski definition) is 19. The zero-order valence-electron chi connectivity index (χ0n) is 54.9. The van der Waals surface area contributed by atoms with E-state index in [4.69, 9.17) is 80.4 Å². The molecule has 0 aliphatic heterocycles. The number of nitrogens with one attached hydrogen (secondary N) is 1. The summed E-state index contributed by atoms with van der Waals surface area (Å²) >= 11 is 11.7. The van der Waals surface area contributed by atoms with E-state index in [0.717, 1.165) is 28.8 Å². The molecule has 97 heavy (non-hydrogen) atoms. The summed E-state index contributed by atoms with van der Waals surface area (Å²) in [5.74, 6) is 0.0549. The van der Waals surface area contributed by atoms with E-state index in [1.165, 1.54) is 18.3 Å². The summed E-state index contributed by atoms with van der Waals surface area (Å²) in [5, 5.41) is 11.5. The first-order valence-electron chi connectivity index (χ1n) is 31.5. The maximum atomic E-state index is 13.1. The van der Waals surface area contributed by atoms with Crippen molar-refractivity contribution in [3.05, 3.63) is 176 Å². The standard InChI is InChI=1S/C38H48ClNO9.C33H36ClF3N2O9/c1-28-24-30(9-12-34(28)39)26-31(41)25-29-7-10-32(11-8-29)48-33-13-15-40-35(27-33)36(42)6-5-16-44-18-20-46-22-23-47-21-19-45-17-14-37(43)49-38(2,3)4;34-29-6-3-24(21-28(29)33(35,36)37)20-25(40)19-23-1-4-26(5-2-23)48-27-7-9-38-30(22-27)32(43)39-10-12-45-14-16-47-18-17-46-15-13-44-11-8-31(41)42/h7-13,15,24,27H,5-6,14,16-23,25-26H2,1-4H3;1-7,9,21-22H,8,10-20H2,(H,39,43)(H,41,42). The highest BCUT2D eigenvalue weighted by Crippen LogP contribution is 2.35. The van der Waals surface area contributed by atoms with Crippen molar-refractivity contribution in [3.63, 3.8) is 0 Å². The number of amides is 1. The molecule has 6 aromatic rings. The van der Waals surface area contributed by atoms with E-state index in [1.54, 1.807) is 60.8 Å². The van der Waals surface area contributed by atoms with Gasteiger partial charge in [0.15, 0.2) is 5.78 Å². The molecule has 0 saturated carbocycles.